The number of aliphatic carboxylic acids is 1. The van der Waals surface area contributed by atoms with Crippen molar-refractivity contribution in [1.29, 1.82) is 0 Å². The van der Waals surface area contributed by atoms with E-state index in [0.29, 0.717) is 33.4 Å². The van der Waals surface area contributed by atoms with Crippen LogP contribution < -0.4 is 16.4 Å². The normalized spacial score (nSPS) is 17.9. The van der Waals surface area contributed by atoms with Crippen molar-refractivity contribution >= 4 is 53.2 Å². The van der Waals surface area contributed by atoms with E-state index < -0.39 is 18.1 Å². The molecule has 0 saturated heterocycles. The Balaban J connectivity index is 0.00000261. The van der Waals surface area contributed by atoms with Gasteiger partial charge in [0.25, 0.3) is 5.91 Å². The fraction of sp³-hybridized carbons (Fsp3) is 0.222. The van der Waals surface area contributed by atoms with E-state index in [1.165, 1.54) is 0 Å². The summed E-state index contributed by atoms with van der Waals surface area (Å²) in [6, 6.07) is 8.67. The molecule has 1 amide bonds. The molecule has 0 radical (unpaired) electrons. The minimum atomic E-state index is -1.02. The number of nitrogens with one attached hydrogen (secondary N) is 2. The van der Waals surface area contributed by atoms with Crippen LogP contribution in [0.25, 0.3) is 0 Å². The Kier molecular flexibility index (Phi) is 6.95. The lowest BCUT2D eigenvalue weighted by atomic mass is 9.92. The third-order valence-corrected chi connectivity index (χ3v) is 4.83. The Morgan fingerprint density at radius 1 is 1.22 bits per heavy atom. The van der Waals surface area contributed by atoms with E-state index >= 15 is 0 Å². The first-order valence-corrected chi connectivity index (χ1v) is 8.72. The van der Waals surface area contributed by atoms with Gasteiger partial charge < -0.3 is 21.5 Å². The first-order valence-electron chi connectivity index (χ1n) is 7.97. The van der Waals surface area contributed by atoms with Gasteiger partial charge in [-0.05, 0) is 29.8 Å². The van der Waals surface area contributed by atoms with E-state index in [1.54, 1.807) is 36.4 Å². The standard InChI is InChI=1S/C18H17Cl2N3O3.ClH/c19-11-5-12(20)16-13(6-11)22-15(18(25)26)7-14(16)23-17(24)10-3-1-9(8-21)2-4-10;/h1-6,14-15,22H,7-8,21H2,(H,23,24)(H,25,26);1H/t14-,15+;/m1./s1. The molecule has 0 aromatic heterocycles. The molecule has 1 heterocycles. The second kappa shape index (κ2) is 8.80. The van der Waals surface area contributed by atoms with E-state index in [0.717, 1.165) is 5.56 Å². The molecule has 3 rings (SSSR count). The molecule has 1 aliphatic heterocycles. The number of amides is 1. The predicted molar refractivity (Wildman–Crippen MR) is 108 cm³/mol. The summed E-state index contributed by atoms with van der Waals surface area (Å²) in [5, 5.41) is 15.9. The van der Waals surface area contributed by atoms with Crippen molar-refractivity contribution in [2.75, 3.05) is 5.32 Å². The lowest BCUT2D eigenvalue weighted by molar-refractivity contribution is -0.138. The van der Waals surface area contributed by atoms with Gasteiger partial charge in [0.05, 0.1) is 6.04 Å². The molecular formula is C18H18Cl3N3O3. The van der Waals surface area contributed by atoms with Crippen molar-refractivity contribution in [3.05, 3.63) is 63.1 Å². The van der Waals surface area contributed by atoms with Crippen LogP contribution in [0.15, 0.2) is 36.4 Å². The van der Waals surface area contributed by atoms with Crippen LogP contribution in [0.3, 0.4) is 0 Å². The molecule has 2 aromatic carbocycles. The number of hydrogen-bond acceptors (Lipinski definition) is 4. The van der Waals surface area contributed by atoms with Gasteiger partial charge >= 0.3 is 5.97 Å². The number of anilines is 1. The maximum absolute atomic E-state index is 12.6. The van der Waals surface area contributed by atoms with Gasteiger partial charge in [-0.25, -0.2) is 4.79 Å². The van der Waals surface area contributed by atoms with Gasteiger partial charge in [-0.3, -0.25) is 4.79 Å². The second-order valence-corrected chi connectivity index (χ2v) is 6.89. The summed E-state index contributed by atoms with van der Waals surface area (Å²) >= 11 is 12.3. The first kappa shape index (κ1) is 21.3. The number of rotatable bonds is 4. The summed E-state index contributed by atoms with van der Waals surface area (Å²) in [5.74, 6) is -1.33. The fourth-order valence-corrected chi connectivity index (χ4v) is 3.61. The Bertz CT molecular complexity index is 859. The van der Waals surface area contributed by atoms with Gasteiger partial charge in [-0.2, -0.15) is 0 Å². The lowest BCUT2D eigenvalue weighted by Gasteiger charge is -2.32. The van der Waals surface area contributed by atoms with Gasteiger partial charge in [0.1, 0.15) is 6.04 Å². The number of carbonyl (C=O) groups is 2. The van der Waals surface area contributed by atoms with Crippen LogP contribution in [0, 0.1) is 0 Å². The highest BCUT2D eigenvalue weighted by molar-refractivity contribution is 6.35. The van der Waals surface area contributed by atoms with E-state index in [-0.39, 0.29) is 24.7 Å². The number of nitrogens with two attached hydrogens (primary N) is 1. The summed E-state index contributed by atoms with van der Waals surface area (Å²) in [5.41, 5.74) is 8.06. The average molecular weight is 431 g/mol. The third-order valence-electron chi connectivity index (χ3n) is 4.30. The Hall–Kier alpha value is -1.99. The summed E-state index contributed by atoms with van der Waals surface area (Å²) in [7, 11) is 0. The lowest BCUT2D eigenvalue weighted by Crippen LogP contribution is -2.41. The molecule has 0 bridgehead atoms. The third kappa shape index (κ3) is 4.65. The molecule has 144 valence electrons. The molecule has 2 atom stereocenters. The van der Waals surface area contributed by atoms with Gasteiger partial charge in [0.15, 0.2) is 0 Å². The maximum Gasteiger partial charge on any atom is 0.326 e. The molecular weight excluding hydrogens is 413 g/mol. The zero-order valence-corrected chi connectivity index (χ0v) is 16.4. The van der Waals surface area contributed by atoms with Crippen molar-refractivity contribution in [3.63, 3.8) is 0 Å². The summed E-state index contributed by atoms with van der Waals surface area (Å²) in [6.45, 7) is 0.389. The Morgan fingerprint density at radius 2 is 1.89 bits per heavy atom. The summed E-state index contributed by atoms with van der Waals surface area (Å²) in [6.07, 6.45) is 0.163. The van der Waals surface area contributed by atoms with Crippen LogP contribution in [0.1, 0.15) is 33.9 Å². The molecule has 1 aliphatic rings. The monoisotopic (exact) mass is 429 g/mol. The highest BCUT2D eigenvalue weighted by Crippen LogP contribution is 2.40. The number of hydrogen-bond donors (Lipinski definition) is 4. The number of fused-ring (bicyclic) bond motifs is 1. The van der Waals surface area contributed by atoms with Crippen molar-refractivity contribution < 1.29 is 14.7 Å². The van der Waals surface area contributed by atoms with Gasteiger partial charge in [0, 0.05) is 39.8 Å². The topological polar surface area (TPSA) is 104 Å². The summed E-state index contributed by atoms with van der Waals surface area (Å²) in [4.78, 5) is 24.1. The van der Waals surface area contributed by atoms with Crippen LogP contribution in [-0.2, 0) is 11.3 Å². The molecule has 0 saturated carbocycles. The van der Waals surface area contributed by atoms with Crippen molar-refractivity contribution in [1.82, 2.24) is 5.32 Å². The van der Waals surface area contributed by atoms with Crippen LogP contribution in [0.2, 0.25) is 10.0 Å². The first-order chi connectivity index (χ1) is 12.4. The zero-order valence-electron chi connectivity index (χ0n) is 14.0. The van der Waals surface area contributed by atoms with E-state index in [4.69, 9.17) is 28.9 Å². The van der Waals surface area contributed by atoms with Crippen molar-refractivity contribution in [2.45, 2.75) is 25.0 Å². The SMILES string of the molecule is Cl.NCc1ccc(C(=O)N[C@@H]2C[C@@H](C(=O)O)Nc3cc(Cl)cc(Cl)c32)cc1. The molecule has 0 fully saturated rings. The highest BCUT2D eigenvalue weighted by Gasteiger charge is 2.33. The highest BCUT2D eigenvalue weighted by atomic mass is 35.5. The van der Waals surface area contributed by atoms with Crippen molar-refractivity contribution in [3.8, 4) is 0 Å². The molecule has 2 aromatic rings. The van der Waals surface area contributed by atoms with Crippen LogP contribution in [0.5, 0.6) is 0 Å². The van der Waals surface area contributed by atoms with E-state index in [1.807, 2.05) is 0 Å². The smallest absolute Gasteiger partial charge is 0.326 e. The van der Waals surface area contributed by atoms with E-state index in [2.05, 4.69) is 10.6 Å². The quantitative estimate of drug-likeness (QED) is 0.593. The number of carboxylic acids is 1. The molecule has 0 spiro atoms. The number of halogens is 3. The molecule has 5 N–H and O–H groups in total. The largest absolute Gasteiger partial charge is 0.480 e. The second-order valence-electron chi connectivity index (χ2n) is 6.05. The average Bonchev–Trinajstić information content (AvgIpc) is 2.60. The summed E-state index contributed by atoms with van der Waals surface area (Å²) < 4.78 is 0. The van der Waals surface area contributed by atoms with Gasteiger partial charge in [-0.15, -0.1) is 12.4 Å². The molecule has 27 heavy (non-hydrogen) atoms. The minimum Gasteiger partial charge on any atom is -0.480 e. The molecule has 0 aliphatic carbocycles. The van der Waals surface area contributed by atoms with Gasteiger partial charge in [0.2, 0.25) is 0 Å². The number of carbonyl (C=O) groups excluding carboxylic acids is 1. The van der Waals surface area contributed by atoms with Crippen LogP contribution in [0.4, 0.5) is 5.69 Å². The molecule has 9 heteroatoms. The van der Waals surface area contributed by atoms with Crippen LogP contribution >= 0.6 is 35.6 Å². The van der Waals surface area contributed by atoms with Crippen LogP contribution in [-0.4, -0.2) is 23.0 Å². The molecule has 0 unspecified atom stereocenters. The van der Waals surface area contributed by atoms with Crippen molar-refractivity contribution in [2.24, 2.45) is 5.73 Å². The maximum atomic E-state index is 12.6. The number of carboxylic acid groups (broad SMARTS) is 1. The Morgan fingerprint density at radius 3 is 2.48 bits per heavy atom. The zero-order chi connectivity index (χ0) is 18.8. The van der Waals surface area contributed by atoms with Gasteiger partial charge in [-0.1, -0.05) is 35.3 Å². The predicted octanol–water partition coefficient (Wildman–Crippen LogP) is 3.61. The fourth-order valence-electron chi connectivity index (χ4n) is 2.99. The molecule has 6 nitrogen and oxygen atoms in total. The minimum absolute atomic E-state index is 0. The van der Waals surface area contributed by atoms with E-state index in [9.17, 15) is 14.7 Å². The number of benzene rings is 2. The Labute approximate surface area is 172 Å².